The van der Waals surface area contributed by atoms with Gasteiger partial charge in [-0.15, -0.1) is 0 Å². The van der Waals surface area contributed by atoms with E-state index in [1.807, 2.05) is 25.1 Å². The smallest absolute Gasteiger partial charge is 0.288 e. The van der Waals surface area contributed by atoms with Gasteiger partial charge in [0.05, 0.1) is 0 Å². The zero-order chi connectivity index (χ0) is 17.3. The minimum absolute atomic E-state index is 0.0509. The van der Waals surface area contributed by atoms with E-state index in [1.54, 1.807) is 18.2 Å². The Morgan fingerprint density at radius 1 is 1.25 bits per heavy atom. The fraction of sp³-hybridized carbons (Fsp3) is 0.389. The van der Waals surface area contributed by atoms with E-state index in [-0.39, 0.29) is 24.4 Å². The molecule has 1 amide bonds. The molecule has 0 unspecified atom stereocenters. The number of hydrogen-bond acceptors (Lipinski definition) is 2. The lowest BCUT2D eigenvalue weighted by Crippen LogP contribution is -2.43. The monoisotopic (exact) mass is 336 g/mol. The molecule has 1 aliphatic rings. The van der Waals surface area contributed by atoms with Crippen molar-refractivity contribution in [2.75, 3.05) is 6.54 Å². The third-order valence-corrected chi connectivity index (χ3v) is 4.26. The van der Waals surface area contributed by atoms with Gasteiger partial charge >= 0.3 is 6.18 Å². The number of carbonyl (C=O) groups is 1. The summed E-state index contributed by atoms with van der Waals surface area (Å²) in [6.07, 6.45) is -2.83. The molecular weight excluding hydrogens is 317 g/mol. The van der Waals surface area contributed by atoms with Gasteiger partial charge in [0.1, 0.15) is 0 Å². The molecule has 0 aliphatic carbocycles. The Labute approximate surface area is 138 Å². The van der Waals surface area contributed by atoms with Crippen LogP contribution < -0.4 is 5.43 Å². The molecule has 0 bridgehead atoms. The van der Waals surface area contributed by atoms with Crippen LogP contribution in [0.5, 0.6) is 0 Å². The first-order chi connectivity index (χ1) is 11.4. The lowest BCUT2D eigenvalue weighted by molar-refractivity contribution is -0.190. The average Bonchev–Trinajstić information content (AvgIpc) is 2.92. The number of fused-ring (bicyclic) bond motifs is 1. The second-order valence-corrected chi connectivity index (χ2v) is 6.08. The fourth-order valence-corrected chi connectivity index (χ4v) is 3.27. The van der Waals surface area contributed by atoms with Gasteiger partial charge in [-0.05, 0) is 28.3 Å². The number of carbonyl (C=O) groups excluding carboxylic acids is 1. The topological polar surface area (TPSA) is 32.3 Å². The summed E-state index contributed by atoms with van der Waals surface area (Å²) in [5, 5.41) is 2.37. The lowest BCUT2D eigenvalue weighted by atomic mass is 9.93. The first-order valence-corrected chi connectivity index (χ1v) is 8.04. The largest absolute Gasteiger partial charge is 0.409 e. The van der Waals surface area contributed by atoms with E-state index in [4.69, 9.17) is 0 Å². The van der Waals surface area contributed by atoms with Crippen LogP contribution in [0, 0.1) is 0 Å². The van der Waals surface area contributed by atoms with Gasteiger partial charge in [-0.1, -0.05) is 49.7 Å². The quantitative estimate of drug-likeness (QED) is 0.910. The van der Waals surface area contributed by atoms with Crippen LogP contribution in [0.25, 0.3) is 10.8 Å². The molecule has 0 radical (unpaired) electrons. The number of benzene rings is 2. The summed E-state index contributed by atoms with van der Waals surface area (Å²) in [6.45, 7) is 2.05. The van der Waals surface area contributed by atoms with E-state index < -0.39 is 12.2 Å². The van der Waals surface area contributed by atoms with Gasteiger partial charge in [-0.3, -0.25) is 10.2 Å². The van der Waals surface area contributed by atoms with E-state index in [0.29, 0.717) is 5.39 Å². The Morgan fingerprint density at radius 3 is 2.62 bits per heavy atom. The summed E-state index contributed by atoms with van der Waals surface area (Å²) in [7, 11) is 0. The van der Waals surface area contributed by atoms with Crippen LogP contribution in [0.4, 0.5) is 13.2 Å². The van der Waals surface area contributed by atoms with Crippen LogP contribution in [0.3, 0.4) is 0 Å². The maximum atomic E-state index is 13.8. The minimum Gasteiger partial charge on any atom is -0.288 e. The van der Waals surface area contributed by atoms with Crippen LogP contribution in [-0.4, -0.2) is 23.6 Å². The van der Waals surface area contributed by atoms with Gasteiger partial charge in [-0.2, -0.15) is 13.2 Å². The van der Waals surface area contributed by atoms with Crippen LogP contribution in [0.15, 0.2) is 36.4 Å². The number of nitrogens with zero attached hydrogens (tertiary/aromatic N) is 1. The highest BCUT2D eigenvalue weighted by molar-refractivity contribution is 5.87. The van der Waals surface area contributed by atoms with Gasteiger partial charge < -0.3 is 0 Å². The summed E-state index contributed by atoms with van der Waals surface area (Å²) in [5.41, 5.74) is 3.43. The van der Waals surface area contributed by atoms with Crippen molar-refractivity contribution in [1.29, 1.82) is 0 Å². The Balaban J connectivity index is 2.17. The number of rotatable bonds is 4. The molecule has 2 aromatic carbocycles. The SMILES string of the molecule is CCCc1cc([C@H](N2CCC(=O)N2)C(F)(F)F)c2ccccc2c1. The summed E-state index contributed by atoms with van der Waals surface area (Å²) in [6, 6.07) is 8.83. The first-order valence-electron chi connectivity index (χ1n) is 8.04. The Kier molecular flexibility index (Phi) is 4.49. The Bertz CT molecular complexity index is 758. The summed E-state index contributed by atoms with van der Waals surface area (Å²) in [5.74, 6) is -0.377. The van der Waals surface area contributed by atoms with E-state index in [0.717, 1.165) is 28.8 Å². The molecule has 1 heterocycles. The second kappa shape index (κ2) is 6.43. The molecule has 24 heavy (non-hydrogen) atoms. The normalized spacial score (nSPS) is 17.2. The first kappa shape index (κ1) is 16.8. The molecule has 6 heteroatoms. The van der Waals surface area contributed by atoms with Crippen molar-refractivity contribution in [2.45, 2.75) is 38.4 Å². The standard InChI is InChI=1S/C18H19F3N2O/c1-2-5-12-10-13-6-3-4-7-14(13)15(11-12)17(18(19,20)21)23-9-8-16(24)22-23/h3-4,6-7,10-11,17H,2,5,8-9H2,1H3,(H,22,24)/t17-/m0/s1. The number of alkyl halides is 3. The van der Waals surface area contributed by atoms with Crippen LogP contribution in [0.2, 0.25) is 0 Å². The number of hydrazine groups is 1. The van der Waals surface area contributed by atoms with E-state index in [1.165, 1.54) is 0 Å². The number of nitrogens with one attached hydrogen (secondary N) is 1. The van der Waals surface area contributed by atoms with Crippen molar-refractivity contribution >= 4 is 16.7 Å². The number of aryl methyl sites for hydroxylation is 1. The second-order valence-electron chi connectivity index (χ2n) is 6.08. The minimum atomic E-state index is -4.48. The maximum Gasteiger partial charge on any atom is 0.409 e. The molecule has 2 aromatic rings. The number of amides is 1. The van der Waals surface area contributed by atoms with Crippen molar-refractivity contribution in [3.63, 3.8) is 0 Å². The molecule has 0 spiro atoms. The Hall–Kier alpha value is -2.08. The predicted octanol–water partition coefficient (Wildman–Crippen LogP) is 4.13. The van der Waals surface area contributed by atoms with Crippen LogP contribution in [0.1, 0.15) is 36.9 Å². The summed E-state index contributed by atoms with van der Waals surface area (Å²) >= 11 is 0. The van der Waals surface area contributed by atoms with Gasteiger partial charge in [0.25, 0.3) is 0 Å². The molecule has 128 valence electrons. The third kappa shape index (κ3) is 3.24. The average molecular weight is 336 g/mol. The van der Waals surface area contributed by atoms with Crippen molar-refractivity contribution in [1.82, 2.24) is 10.4 Å². The maximum absolute atomic E-state index is 13.8. The highest BCUT2D eigenvalue weighted by Gasteiger charge is 2.47. The lowest BCUT2D eigenvalue weighted by Gasteiger charge is -2.30. The highest BCUT2D eigenvalue weighted by atomic mass is 19.4. The van der Waals surface area contributed by atoms with Crippen molar-refractivity contribution in [2.24, 2.45) is 0 Å². The van der Waals surface area contributed by atoms with Crippen molar-refractivity contribution in [3.8, 4) is 0 Å². The molecular formula is C18H19F3N2O. The van der Waals surface area contributed by atoms with Crippen LogP contribution >= 0.6 is 0 Å². The fourth-order valence-electron chi connectivity index (χ4n) is 3.27. The molecule has 1 atom stereocenters. The molecule has 1 saturated heterocycles. The zero-order valence-electron chi connectivity index (χ0n) is 13.4. The van der Waals surface area contributed by atoms with E-state index in [2.05, 4.69) is 5.43 Å². The molecule has 0 saturated carbocycles. The molecule has 1 fully saturated rings. The zero-order valence-corrected chi connectivity index (χ0v) is 13.4. The van der Waals surface area contributed by atoms with Crippen molar-refractivity contribution < 1.29 is 18.0 Å². The molecule has 1 N–H and O–H groups in total. The molecule has 1 aliphatic heterocycles. The third-order valence-electron chi connectivity index (χ3n) is 4.26. The van der Waals surface area contributed by atoms with Gasteiger partial charge in [0.2, 0.25) is 5.91 Å². The van der Waals surface area contributed by atoms with Gasteiger partial charge in [0.15, 0.2) is 6.04 Å². The number of halogens is 3. The Morgan fingerprint density at radius 2 is 2.00 bits per heavy atom. The van der Waals surface area contributed by atoms with Gasteiger partial charge in [-0.25, -0.2) is 5.01 Å². The summed E-state index contributed by atoms with van der Waals surface area (Å²) in [4.78, 5) is 11.4. The number of hydrogen-bond donors (Lipinski definition) is 1. The van der Waals surface area contributed by atoms with Gasteiger partial charge in [0, 0.05) is 13.0 Å². The molecule has 3 nitrogen and oxygen atoms in total. The predicted molar refractivity (Wildman–Crippen MR) is 86.2 cm³/mol. The van der Waals surface area contributed by atoms with E-state index >= 15 is 0 Å². The molecule has 0 aromatic heterocycles. The van der Waals surface area contributed by atoms with E-state index in [9.17, 15) is 18.0 Å². The highest BCUT2D eigenvalue weighted by Crippen LogP contribution is 2.41. The van der Waals surface area contributed by atoms with Crippen molar-refractivity contribution in [3.05, 3.63) is 47.5 Å². The summed E-state index contributed by atoms with van der Waals surface area (Å²) < 4.78 is 41.5. The molecule has 3 rings (SSSR count). The van der Waals surface area contributed by atoms with Crippen LogP contribution in [-0.2, 0) is 11.2 Å².